The lowest BCUT2D eigenvalue weighted by molar-refractivity contribution is -0.147. The number of phenols is 1. The van der Waals surface area contributed by atoms with E-state index in [1.54, 1.807) is 39.8 Å². The molecule has 1 aromatic rings. The van der Waals surface area contributed by atoms with E-state index in [-0.39, 0.29) is 18.2 Å². The number of carbonyl (C=O) groups excluding carboxylic acids is 4. The Kier molecular flexibility index (Phi) is 13.4. The van der Waals surface area contributed by atoms with E-state index in [4.69, 9.17) is 4.74 Å². The Labute approximate surface area is 239 Å². The van der Waals surface area contributed by atoms with Gasteiger partial charge in [0.25, 0.3) is 0 Å². The van der Waals surface area contributed by atoms with E-state index < -0.39 is 47.6 Å². The third-order valence-electron chi connectivity index (χ3n) is 6.74. The number of hydrogen-bond donors (Lipinski definition) is 3. The summed E-state index contributed by atoms with van der Waals surface area (Å²) < 4.78 is 10.1. The number of esters is 1. The quantitative estimate of drug-likeness (QED) is 0.298. The standard InChI is InChI=1S/C30H49N3O7/c1-11-19(4)25(32-29(38)40-30(7,8)9)28(37)33(21(6)13-12-18(2)3)26(27(36)31-17-24(35)39-10)22-14-15-23(34)20(5)16-22/h14-16,18-19,21,25-26,34H,11-13,17H2,1-10H3,(H,31,36)(H,32,38). The van der Waals surface area contributed by atoms with Gasteiger partial charge in [0.1, 0.15) is 30.0 Å². The Morgan fingerprint density at radius 1 is 1.05 bits per heavy atom. The lowest BCUT2D eigenvalue weighted by atomic mass is 9.92. The average molecular weight is 564 g/mol. The monoisotopic (exact) mass is 563 g/mol. The molecule has 0 aliphatic rings. The number of rotatable bonds is 13. The number of nitrogens with zero attached hydrogens (tertiary/aromatic N) is 1. The molecule has 40 heavy (non-hydrogen) atoms. The molecule has 0 spiro atoms. The summed E-state index contributed by atoms with van der Waals surface area (Å²) in [5, 5.41) is 15.5. The van der Waals surface area contributed by atoms with E-state index >= 15 is 0 Å². The predicted molar refractivity (Wildman–Crippen MR) is 154 cm³/mol. The fourth-order valence-electron chi connectivity index (χ4n) is 4.21. The summed E-state index contributed by atoms with van der Waals surface area (Å²) >= 11 is 0. The highest BCUT2D eigenvalue weighted by molar-refractivity contribution is 5.93. The third-order valence-corrected chi connectivity index (χ3v) is 6.74. The van der Waals surface area contributed by atoms with Crippen LogP contribution in [-0.2, 0) is 23.9 Å². The van der Waals surface area contributed by atoms with Crippen molar-refractivity contribution < 1.29 is 33.8 Å². The molecule has 0 radical (unpaired) electrons. The molecule has 0 aliphatic heterocycles. The summed E-state index contributed by atoms with van der Waals surface area (Å²) in [6.07, 6.45) is 1.25. The van der Waals surface area contributed by atoms with E-state index in [2.05, 4.69) is 29.2 Å². The predicted octanol–water partition coefficient (Wildman–Crippen LogP) is 4.62. The largest absolute Gasteiger partial charge is 0.508 e. The molecule has 0 aromatic heterocycles. The van der Waals surface area contributed by atoms with Gasteiger partial charge in [-0.2, -0.15) is 0 Å². The molecule has 4 atom stereocenters. The second-order valence-corrected chi connectivity index (χ2v) is 11.8. The van der Waals surface area contributed by atoms with E-state index in [0.29, 0.717) is 29.9 Å². The minimum absolute atomic E-state index is 0.0484. The van der Waals surface area contributed by atoms with Crippen LogP contribution in [0.3, 0.4) is 0 Å². The van der Waals surface area contributed by atoms with Crippen LogP contribution in [0.15, 0.2) is 18.2 Å². The Balaban J connectivity index is 3.71. The van der Waals surface area contributed by atoms with Crippen LogP contribution in [0, 0.1) is 18.8 Å². The molecule has 0 saturated heterocycles. The maximum atomic E-state index is 14.4. The molecule has 1 aromatic carbocycles. The third kappa shape index (κ3) is 10.7. The summed E-state index contributed by atoms with van der Waals surface area (Å²) in [5.74, 6) is -1.54. The molecule has 226 valence electrons. The fourth-order valence-corrected chi connectivity index (χ4v) is 4.21. The maximum Gasteiger partial charge on any atom is 0.408 e. The summed E-state index contributed by atoms with van der Waals surface area (Å²) in [6.45, 7) is 16.3. The van der Waals surface area contributed by atoms with Gasteiger partial charge in [0, 0.05) is 6.04 Å². The van der Waals surface area contributed by atoms with Gasteiger partial charge < -0.3 is 30.1 Å². The van der Waals surface area contributed by atoms with Crippen LogP contribution in [0.2, 0.25) is 0 Å². The van der Waals surface area contributed by atoms with Gasteiger partial charge in [-0.1, -0.05) is 40.2 Å². The summed E-state index contributed by atoms with van der Waals surface area (Å²) in [6, 6.07) is 2.16. The number of hydrogen-bond acceptors (Lipinski definition) is 7. The SMILES string of the molecule is CCC(C)C(NC(=O)OC(C)(C)C)C(=O)N(C(C)CCC(C)C)C(C(=O)NCC(=O)OC)c1ccc(O)c(C)c1. The number of amides is 3. The van der Waals surface area contributed by atoms with Gasteiger partial charge in [0.15, 0.2) is 0 Å². The fraction of sp³-hybridized carbons (Fsp3) is 0.667. The molecule has 0 fully saturated rings. The number of ether oxygens (including phenoxy) is 2. The zero-order valence-corrected chi connectivity index (χ0v) is 25.8. The maximum absolute atomic E-state index is 14.4. The minimum Gasteiger partial charge on any atom is -0.508 e. The van der Waals surface area contributed by atoms with Crippen molar-refractivity contribution in [3.63, 3.8) is 0 Å². The molecule has 1 rings (SSSR count). The van der Waals surface area contributed by atoms with E-state index in [9.17, 15) is 24.3 Å². The van der Waals surface area contributed by atoms with Crippen LogP contribution in [0.5, 0.6) is 5.75 Å². The van der Waals surface area contributed by atoms with E-state index in [1.807, 2.05) is 20.8 Å². The highest BCUT2D eigenvalue weighted by Crippen LogP contribution is 2.31. The van der Waals surface area contributed by atoms with Crippen molar-refractivity contribution in [2.45, 2.75) is 105 Å². The number of benzene rings is 1. The van der Waals surface area contributed by atoms with Crippen LogP contribution < -0.4 is 10.6 Å². The van der Waals surface area contributed by atoms with Gasteiger partial charge >= 0.3 is 12.1 Å². The summed E-state index contributed by atoms with van der Waals surface area (Å²) in [7, 11) is 1.22. The molecular weight excluding hydrogens is 514 g/mol. The van der Waals surface area contributed by atoms with Crippen molar-refractivity contribution in [1.82, 2.24) is 15.5 Å². The summed E-state index contributed by atoms with van der Waals surface area (Å²) in [4.78, 5) is 54.3. The van der Waals surface area contributed by atoms with E-state index in [0.717, 1.165) is 6.42 Å². The van der Waals surface area contributed by atoms with Gasteiger partial charge in [-0.05, 0) is 82.6 Å². The molecule has 10 nitrogen and oxygen atoms in total. The molecule has 10 heteroatoms. The lowest BCUT2D eigenvalue weighted by Gasteiger charge is -2.40. The number of aromatic hydroxyl groups is 1. The first-order valence-corrected chi connectivity index (χ1v) is 14.0. The number of nitrogens with one attached hydrogen (secondary N) is 2. The zero-order valence-electron chi connectivity index (χ0n) is 25.8. The van der Waals surface area contributed by atoms with Crippen LogP contribution >= 0.6 is 0 Å². The van der Waals surface area contributed by atoms with Gasteiger partial charge in [0.2, 0.25) is 11.8 Å². The highest BCUT2D eigenvalue weighted by Gasteiger charge is 2.40. The molecule has 0 saturated carbocycles. The van der Waals surface area contributed by atoms with Gasteiger partial charge in [0.05, 0.1) is 7.11 Å². The molecular formula is C30H49N3O7. The van der Waals surface area contributed by atoms with Crippen LogP contribution in [-0.4, -0.2) is 65.2 Å². The molecule has 3 amide bonds. The first-order chi connectivity index (χ1) is 18.5. The summed E-state index contributed by atoms with van der Waals surface area (Å²) in [5.41, 5.74) is 0.218. The number of carbonyl (C=O) groups is 4. The minimum atomic E-state index is -1.15. The second kappa shape index (κ2) is 15.5. The Morgan fingerprint density at radius 3 is 2.17 bits per heavy atom. The first kappa shape index (κ1) is 34.7. The van der Waals surface area contributed by atoms with Crippen molar-refractivity contribution >= 4 is 23.9 Å². The molecule has 4 unspecified atom stereocenters. The van der Waals surface area contributed by atoms with Crippen molar-refractivity contribution in [3.05, 3.63) is 29.3 Å². The van der Waals surface area contributed by atoms with Crippen LogP contribution in [0.4, 0.5) is 4.79 Å². The van der Waals surface area contributed by atoms with Gasteiger partial charge in [-0.3, -0.25) is 14.4 Å². The molecule has 0 aliphatic carbocycles. The van der Waals surface area contributed by atoms with Gasteiger partial charge in [-0.15, -0.1) is 0 Å². The molecule has 0 heterocycles. The number of phenolic OH excluding ortho intramolecular Hbond substituents is 1. The average Bonchev–Trinajstić information content (AvgIpc) is 2.87. The topological polar surface area (TPSA) is 134 Å². The van der Waals surface area contributed by atoms with Crippen molar-refractivity contribution in [2.75, 3.05) is 13.7 Å². The molecule has 0 bridgehead atoms. The first-order valence-electron chi connectivity index (χ1n) is 14.0. The lowest BCUT2D eigenvalue weighted by Crippen LogP contribution is -2.57. The van der Waals surface area contributed by atoms with Crippen molar-refractivity contribution in [3.8, 4) is 5.75 Å². The number of alkyl carbamates (subject to hydrolysis) is 1. The van der Waals surface area contributed by atoms with Crippen LogP contribution in [0.25, 0.3) is 0 Å². The van der Waals surface area contributed by atoms with E-state index in [1.165, 1.54) is 18.1 Å². The highest BCUT2D eigenvalue weighted by atomic mass is 16.6. The Morgan fingerprint density at radius 2 is 1.68 bits per heavy atom. The Hall–Kier alpha value is -3.30. The Bertz CT molecular complexity index is 1020. The van der Waals surface area contributed by atoms with Crippen molar-refractivity contribution in [1.29, 1.82) is 0 Å². The second-order valence-electron chi connectivity index (χ2n) is 11.8. The van der Waals surface area contributed by atoms with Gasteiger partial charge in [-0.25, -0.2) is 4.79 Å². The zero-order chi connectivity index (χ0) is 30.8. The van der Waals surface area contributed by atoms with Crippen molar-refractivity contribution in [2.24, 2.45) is 11.8 Å². The number of methoxy groups -OCH3 is 1. The molecule has 3 N–H and O–H groups in total. The normalized spacial score (nSPS) is 14.5. The smallest absolute Gasteiger partial charge is 0.408 e. The van der Waals surface area contributed by atoms with Crippen LogP contribution in [0.1, 0.15) is 91.8 Å². The number of aryl methyl sites for hydroxylation is 1.